The Bertz CT molecular complexity index is 1060. The number of aliphatic hydroxyl groups excluding tert-OH is 2. The third-order valence-electron chi connectivity index (χ3n) is 4.54. The molecule has 0 bridgehead atoms. The van der Waals surface area contributed by atoms with Crippen LogP contribution in [-0.4, -0.2) is 54.0 Å². The molecule has 1 aliphatic heterocycles. The number of rotatable bonds is 3. The van der Waals surface area contributed by atoms with E-state index in [0.29, 0.717) is 5.56 Å². The molecule has 3 aromatic rings. The average molecular weight is 371 g/mol. The normalized spacial score (nSPS) is 22.4. The lowest BCUT2D eigenvalue weighted by Crippen LogP contribution is -2.31. The Morgan fingerprint density at radius 2 is 2.07 bits per heavy atom. The Balaban J connectivity index is 1.79. The summed E-state index contributed by atoms with van der Waals surface area (Å²) in [6, 6.07) is 8.24. The first-order valence-corrected chi connectivity index (χ1v) is 8.30. The van der Waals surface area contributed by atoms with E-state index in [4.69, 9.17) is 10.5 Å². The highest BCUT2D eigenvalue weighted by Gasteiger charge is 2.35. The summed E-state index contributed by atoms with van der Waals surface area (Å²) in [5, 5.41) is 19.1. The van der Waals surface area contributed by atoms with Crippen molar-refractivity contribution in [3.05, 3.63) is 52.6 Å². The van der Waals surface area contributed by atoms with Crippen molar-refractivity contribution in [2.45, 2.75) is 24.9 Å². The minimum absolute atomic E-state index is 0.0426. The Kier molecular flexibility index (Phi) is 4.22. The zero-order chi connectivity index (χ0) is 19.1. The van der Waals surface area contributed by atoms with Crippen LogP contribution in [0.15, 0.2) is 41.5 Å². The van der Waals surface area contributed by atoms with Gasteiger partial charge in [-0.25, -0.2) is 9.55 Å². The number of benzene rings is 1. The third-order valence-corrected chi connectivity index (χ3v) is 4.54. The average Bonchev–Trinajstić information content (AvgIpc) is 3.25. The van der Waals surface area contributed by atoms with Gasteiger partial charge in [0.1, 0.15) is 12.3 Å². The van der Waals surface area contributed by atoms with Crippen LogP contribution in [0.25, 0.3) is 11.2 Å². The molecular weight excluding hydrogens is 354 g/mol. The fraction of sp³-hybridized carbons (Fsp3) is 0.294. The highest BCUT2D eigenvalue weighted by Crippen LogP contribution is 2.30. The largest absolute Gasteiger partial charge is 0.394 e. The maximum atomic E-state index is 12.8. The Morgan fingerprint density at radius 3 is 2.74 bits per heavy atom. The number of aliphatic hydroxyl groups is 2. The van der Waals surface area contributed by atoms with Crippen LogP contribution < -0.4 is 11.3 Å². The molecule has 0 spiro atoms. The van der Waals surface area contributed by atoms with Crippen LogP contribution in [0.3, 0.4) is 0 Å². The fourth-order valence-corrected chi connectivity index (χ4v) is 3.15. The van der Waals surface area contributed by atoms with Gasteiger partial charge in [0, 0.05) is 12.0 Å². The predicted octanol–water partition coefficient (Wildman–Crippen LogP) is -0.496. The van der Waals surface area contributed by atoms with E-state index < -0.39 is 29.9 Å². The summed E-state index contributed by atoms with van der Waals surface area (Å²) in [4.78, 5) is 33.6. The number of hydrogen-bond acceptors (Lipinski definition) is 8. The Labute approximate surface area is 152 Å². The van der Waals surface area contributed by atoms with Gasteiger partial charge < -0.3 is 20.7 Å². The van der Waals surface area contributed by atoms with Crippen molar-refractivity contribution < 1.29 is 19.7 Å². The number of imidazole rings is 1. The number of carbonyl (C=O) groups is 1. The summed E-state index contributed by atoms with van der Waals surface area (Å²) in [5.74, 6) is -0.879. The lowest BCUT2D eigenvalue weighted by molar-refractivity contribution is -0.0432. The van der Waals surface area contributed by atoms with E-state index in [-0.39, 0.29) is 30.1 Å². The van der Waals surface area contributed by atoms with Gasteiger partial charge in [-0.15, -0.1) is 0 Å². The molecule has 0 radical (unpaired) electrons. The zero-order valence-corrected chi connectivity index (χ0v) is 14.1. The van der Waals surface area contributed by atoms with Crippen molar-refractivity contribution in [1.29, 1.82) is 0 Å². The van der Waals surface area contributed by atoms with Gasteiger partial charge in [-0.05, 0) is 12.1 Å². The molecular formula is C17H17N5O5. The van der Waals surface area contributed by atoms with Gasteiger partial charge in [0.25, 0.3) is 11.5 Å². The van der Waals surface area contributed by atoms with Gasteiger partial charge in [-0.3, -0.25) is 14.2 Å². The van der Waals surface area contributed by atoms with Gasteiger partial charge >= 0.3 is 0 Å². The van der Waals surface area contributed by atoms with Crippen molar-refractivity contribution in [2.75, 3.05) is 12.3 Å². The topological polar surface area (TPSA) is 145 Å². The summed E-state index contributed by atoms with van der Waals surface area (Å²) in [6.45, 7) is -0.335. The standard InChI is InChI=1S/C17H17N5O5/c18-17-20-14-13(16(26)22(17)15(25)9-4-2-1-3-5-9)19-8-21(14)12-6-10(24)11(7-23)27-12/h1-5,8,10-12,23-24H,6-7H2,(H2,18,20)/t10-,11+,12+/m0/s1. The van der Waals surface area contributed by atoms with Crippen LogP contribution in [-0.2, 0) is 4.74 Å². The molecule has 10 nitrogen and oxygen atoms in total. The molecule has 1 saturated heterocycles. The van der Waals surface area contributed by atoms with Crippen LogP contribution >= 0.6 is 0 Å². The lowest BCUT2D eigenvalue weighted by Gasteiger charge is -2.14. The second kappa shape index (κ2) is 6.58. The molecule has 1 aromatic carbocycles. The van der Waals surface area contributed by atoms with Crippen LogP contribution in [0, 0.1) is 0 Å². The molecule has 140 valence electrons. The number of carbonyl (C=O) groups excluding carboxylic acids is 1. The maximum absolute atomic E-state index is 12.8. The van der Waals surface area contributed by atoms with Gasteiger partial charge in [0.2, 0.25) is 5.95 Å². The minimum Gasteiger partial charge on any atom is -0.394 e. The van der Waals surface area contributed by atoms with E-state index >= 15 is 0 Å². The summed E-state index contributed by atoms with van der Waals surface area (Å²) in [5.41, 5.74) is 5.59. The SMILES string of the molecule is Nc1nc2c(ncn2[C@H]2C[C@H](O)[C@@H](CO)O2)c(=O)n1C(=O)c1ccccc1. The van der Waals surface area contributed by atoms with Crippen LogP contribution in [0.4, 0.5) is 5.95 Å². The van der Waals surface area contributed by atoms with Crippen molar-refractivity contribution in [3.63, 3.8) is 0 Å². The van der Waals surface area contributed by atoms with Crippen molar-refractivity contribution >= 4 is 23.0 Å². The molecule has 0 aliphatic carbocycles. The van der Waals surface area contributed by atoms with E-state index in [1.807, 2.05) is 0 Å². The summed E-state index contributed by atoms with van der Waals surface area (Å²) >= 11 is 0. The molecule has 4 rings (SSSR count). The molecule has 2 aromatic heterocycles. The highest BCUT2D eigenvalue weighted by molar-refractivity contribution is 5.98. The van der Waals surface area contributed by atoms with Gasteiger partial charge in [0.15, 0.2) is 11.2 Å². The summed E-state index contributed by atoms with van der Waals surface area (Å²) in [7, 11) is 0. The Hall–Kier alpha value is -3.08. The molecule has 0 unspecified atom stereocenters. The number of aromatic nitrogens is 4. The quantitative estimate of drug-likeness (QED) is 0.559. The number of nitrogen functional groups attached to an aromatic ring is 1. The number of anilines is 1. The van der Waals surface area contributed by atoms with Gasteiger partial charge in [0.05, 0.1) is 19.0 Å². The fourth-order valence-electron chi connectivity index (χ4n) is 3.15. The first-order chi connectivity index (χ1) is 13.0. The second-order valence-electron chi connectivity index (χ2n) is 6.22. The monoisotopic (exact) mass is 371 g/mol. The van der Waals surface area contributed by atoms with Crippen molar-refractivity contribution in [3.8, 4) is 0 Å². The molecule has 0 saturated carbocycles. The molecule has 0 amide bonds. The molecule has 27 heavy (non-hydrogen) atoms. The molecule has 4 N–H and O–H groups in total. The molecule has 3 atom stereocenters. The Morgan fingerprint density at radius 1 is 1.33 bits per heavy atom. The number of nitrogens with zero attached hydrogens (tertiary/aromatic N) is 4. The molecule has 10 heteroatoms. The van der Waals surface area contributed by atoms with Crippen molar-refractivity contribution in [1.82, 2.24) is 19.1 Å². The maximum Gasteiger partial charge on any atom is 0.290 e. The number of hydrogen-bond donors (Lipinski definition) is 3. The van der Waals surface area contributed by atoms with Gasteiger partial charge in [-0.1, -0.05) is 18.2 Å². The lowest BCUT2D eigenvalue weighted by atomic mass is 10.2. The van der Waals surface area contributed by atoms with E-state index in [9.17, 15) is 19.8 Å². The molecule has 3 heterocycles. The van der Waals surface area contributed by atoms with E-state index in [1.54, 1.807) is 30.3 Å². The molecule has 1 fully saturated rings. The van der Waals surface area contributed by atoms with E-state index in [2.05, 4.69) is 9.97 Å². The molecule has 1 aliphatic rings. The first kappa shape index (κ1) is 17.3. The van der Waals surface area contributed by atoms with E-state index in [0.717, 1.165) is 4.57 Å². The number of nitrogens with two attached hydrogens (primary N) is 1. The summed E-state index contributed by atoms with van der Waals surface area (Å²) < 4.78 is 7.80. The highest BCUT2D eigenvalue weighted by atomic mass is 16.5. The minimum atomic E-state index is -0.852. The van der Waals surface area contributed by atoms with Crippen LogP contribution in [0.1, 0.15) is 23.0 Å². The summed E-state index contributed by atoms with van der Waals surface area (Å²) in [6.07, 6.45) is -0.703. The van der Waals surface area contributed by atoms with Crippen LogP contribution in [0.2, 0.25) is 0 Å². The zero-order valence-electron chi connectivity index (χ0n) is 14.1. The third kappa shape index (κ3) is 2.79. The van der Waals surface area contributed by atoms with Gasteiger partial charge in [-0.2, -0.15) is 4.98 Å². The number of fused-ring (bicyclic) bond motifs is 1. The van der Waals surface area contributed by atoms with Crippen LogP contribution in [0.5, 0.6) is 0 Å². The van der Waals surface area contributed by atoms with E-state index in [1.165, 1.54) is 10.9 Å². The smallest absolute Gasteiger partial charge is 0.290 e. The predicted molar refractivity (Wildman–Crippen MR) is 94.0 cm³/mol. The number of ether oxygens (including phenoxy) is 1. The van der Waals surface area contributed by atoms with Crippen molar-refractivity contribution in [2.24, 2.45) is 0 Å². The second-order valence-corrected chi connectivity index (χ2v) is 6.22. The first-order valence-electron chi connectivity index (χ1n) is 8.30.